The van der Waals surface area contributed by atoms with Crippen LogP contribution in [0.5, 0.6) is 0 Å². The lowest BCUT2D eigenvalue weighted by Gasteiger charge is -2.36. The molecule has 1 aliphatic heterocycles. The highest BCUT2D eigenvalue weighted by Gasteiger charge is 2.34. The third-order valence-electron chi connectivity index (χ3n) is 6.00. The normalized spacial score (nSPS) is 15.8. The Kier molecular flexibility index (Phi) is 6.37. The first-order chi connectivity index (χ1) is 15.5. The maximum Gasteiger partial charge on any atom is 0.433 e. The molecule has 0 amide bonds. The minimum atomic E-state index is -4.53. The third-order valence-corrected chi connectivity index (χ3v) is 7.71. The zero-order valence-corrected chi connectivity index (χ0v) is 19.4. The standard InChI is InChI=1S/C24H26F3N3O2S/c1-17-3-6-19(7-4-17)33(31,32)14-13-29-9-11-30(12-10-29)22-16-23(24(25,26)27)28-21-8-5-18(2)15-20(21)22/h3-8,15-16H,9-14H2,1-2H3. The number of hydrogen-bond donors (Lipinski definition) is 0. The number of hydrogen-bond acceptors (Lipinski definition) is 5. The van der Waals surface area contributed by atoms with E-state index in [4.69, 9.17) is 0 Å². The monoisotopic (exact) mass is 477 g/mol. The Morgan fingerprint density at radius 1 is 0.909 bits per heavy atom. The molecule has 0 bridgehead atoms. The van der Waals surface area contributed by atoms with Crippen molar-refractivity contribution < 1.29 is 21.6 Å². The highest BCUT2D eigenvalue weighted by Crippen LogP contribution is 2.35. The van der Waals surface area contributed by atoms with Gasteiger partial charge in [-0.15, -0.1) is 0 Å². The molecule has 3 aromatic rings. The van der Waals surface area contributed by atoms with Gasteiger partial charge >= 0.3 is 6.18 Å². The topological polar surface area (TPSA) is 53.5 Å². The molecule has 1 aliphatic rings. The van der Waals surface area contributed by atoms with Crippen molar-refractivity contribution in [2.75, 3.05) is 43.4 Å². The van der Waals surface area contributed by atoms with E-state index in [1.807, 2.05) is 29.7 Å². The van der Waals surface area contributed by atoms with E-state index in [1.54, 1.807) is 36.4 Å². The van der Waals surface area contributed by atoms with E-state index in [2.05, 4.69) is 4.98 Å². The number of pyridine rings is 1. The highest BCUT2D eigenvalue weighted by atomic mass is 32.2. The smallest absolute Gasteiger partial charge is 0.368 e. The third kappa shape index (κ3) is 5.30. The minimum Gasteiger partial charge on any atom is -0.368 e. The predicted octanol–water partition coefficient (Wildman–Crippen LogP) is 4.47. The van der Waals surface area contributed by atoms with Crippen LogP contribution in [0.3, 0.4) is 0 Å². The summed E-state index contributed by atoms with van der Waals surface area (Å²) < 4.78 is 65.6. The Hall–Kier alpha value is -2.65. The van der Waals surface area contributed by atoms with E-state index in [1.165, 1.54) is 0 Å². The number of alkyl halides is 3. The van der Waals surface area contributed by atoms with Gasteiger partial charge in [0.1, 0.15) is 5.69 Å². The molecule has 0 saturated carbocycles. The lowest BCUT2D eigenvalue weighted by Crippen LogP contribution is -2.47. The molecular formula is C24H26F3N3O2S. The summed E-state index contributed by atoms with van der Waals surface area (Å²) in [6.07, 6.45) is -4.53. The Labute approximate surface area is 191 Å². The first-order valence-corrected chi connectivity index (χ1v) is 12.4. The number of piperazine rings is 1. The van der Waals surface area contributed by atoms with Crippen LogP contribution in [0.2, 0.25) is 0 Å². The molecule has 1 fully saturated rings. The number of aryl methyl sites for hydroxylation is 2. The van der Waals surface area contributed by atoms with E-state index >= 15 is 0 Å². The predicted molar refractivity (Wildman–Crippen MR) is 123 cm³/mol. The maximum absolute atomic E-state index is 13.4. The molecule has 1 aromatic heterocycles. The molecule has 176 valence electrons. The van der Waals surface area contributed by atoms with Crippen LogP contribution in [-0.4, -0.2) is 56.8 Å². The number of benzene rings is 2. The lowest BCUT2D eigenvalue weighted by atomic mass is 10.1. The van der Waals surface area contributed by atoms with E-state index < -0.39 is 21.7 Å². The second kappa shape index (κ2) is 8.95. The zero-order chi connectivity index (χ0) is 23.8. The Balaban J connectivity index is 1.47. The van der Waals surface area contributed by atoms with Gasteiger partial charge in [-0.25, -0.2) is 13.4 Å². The molecule has 1 saturated heterocycles. The van der Waals surface area contributed by atoms with Crippen LogP contribution in [0.25, 0.3) is 10.9 Å². The fourth-order valence-electron chi connectivity index (χ4n) is 4.05. The molecule has 33 heavy (non-hydrogen) atoms. The summed E-state index contributed by atoms with van der Waals surface area (Å²) in [5.74, 6) is 0.00562. The quantitative estimate of drug-likeness (QED) is 0.543. The lowest BCUT2D eigenvalue weighted by molar-refractivity contribution is -0.140. The summed E-state index contributed by atoms with van der Waals surface area (Å²) >= 11 is 0. The summed E-state index contributed by atoms with van der Waals surface area (Å²) in [6, 6.07) is 13.2. The van der Waals surface area contributed by atoms with Crippen molar-refractivity contribution in [3.8, 4) is 0 Å². The van der Waals surface area contributed by atoms with Gasteiger partial charge in [-0.1, -0.05) is 29.3 Å². The van der Waals surface area contributed by atoms with Crippen LogP contribution in [0.4, 0.5) is 18.9 Å². The molecule has 0 N–H and O–H groups in total. The Bertz CT molecular complexity index is 1250. The van der Waals surface area contributed by atoms with Gasteiger partial charge in [-0.2, -0.15) is 13.2 Å². The number of aromatic nitrogens is 1. The molecule has 0 aliphatic carbocycles. The molecule has 0 unspecified atom stereocenters. The van der Waals surface area contributed by atoms with Gasteiger partial charge in [0.05, 0.1) is 16.2 Å². The van der Waals surface area contributed by atoms with E-state index in [0.717, 1.165) is 17.2 Å². The molecule has 0 spiro atoms. The van der Waals surface area contributed by atoms with Crippen molar-refractivity contribution in [3.05, 3.63) is 65.4 Å². The van der Waals surface area contributed by atoms with Crippen LogP contribution >= 0.6 is 0 Å². The Morgan fingerprint density at radius 3 is 2.18 bits per heavy atom. The van der Waals surface area contributed by atoms with Gasteiger partial charge in [0.25, 0.3) is 0 Å². The van der Waals surface area contributed by atoms with Gasteiger partial charge in [-0.3, -0.25) is 4.90 Å². The number of nitrogens with zero attached hydrogens (tertiary/aromatic N) is 3. The highest BCUT2D eigenvalue weighted by molar-refractivity contribution is 7.91. The molecule has 4 rings (SSSR count). The summed E-state index contributed by atoms with van der Waals surface area (Å²) in [6.45, 7) is 6.34. The van der Waals surface area contributed by atoms with Crippen LogP contribution in [-0.2, 0) is 16.0 Å². The number of rotatable bonds is 5. The fourth-order valence-corrected chi connectivity index (χ4v) is 5.34. The molecule has 5 nitrogen and oxygen atoms in total. The number of fused-ring (bicyclic) bond motifs is 1. The van der Waals surface area contributed by atoms with Gasteiger partial charge in [0, 0.05) is 43.8 Å². The fraction of sp³-hybridized carbons (Fsp3) is 0.375. The van der Waals surface area contributed by atoms with Gasteiger partial charge in [0.15, 0.2) is 9.84 Å². The molecular weight excluding hydrogens is 451 g/mol. The molecule has 0 atom stereocenters. The molecule has 0 radical (unpaired) electrons. The van der Waals surface area contributed by atoms with E-state index in [0.29, 0.717) is 54.2 Å². The van der Waals surface area contributed by atoms with Crippen LogP contribution in [0.1, 0.15) is 16.8 Å². The number of halogens is 3. The summed E-state index contributed by atoms with van der Waals surface area (Å²) in [5.41, 5.74) is 1.88. The maximum atomic E-state index is 13.4. The van der Waals surface area contributed by atoms with Crippen molar-refractivity contribution >= 4 is 26.4 Å². The summed E-state index contributed by atoms with van der Waals surface area (Å²) in [4.78, 5) is 8.11. The second-order valence-corrected chi connectivity index (χ2v) is 10.6. The first kappa shape index (κ1) is 23.5. The summed E-state index contributed by atoms with van der Waals surface area (Å²) in [5, 5.41) is 0.693. The SMILES string of the molecule is Cc1ccc(S(=O)(=O)CCN2CCN(c3cc(C(F)(F)F)nc4ccc(C)cc34)CC2)cc1. The average Bonchev–Trinajstić information content (AvgIpc) is 2.77. The molecule has 9 heteroatoms. The minimum absolute atomic E-state index is 0.00562. The van der Waals surface area contributed by atoms with Crippen molar-refractivity contribution in [1.29, 1.82) is 0 Å². The Morgan fingerprint density at radius 2 is 1.55 bits per heavy atom. The largest absolute Gasteiger partial charge is 0.433 e. The van der Waals surface area contributed by atoms with Gasteiger partial charge in [0.2, 0.25) is 0 Å². The van der Waals surface area contributed by atoms with E-state index in [9.17, 15) is 21.6 Å². The van der Waals surface area contributed by atoms with Crippen LogP contribution in [0, 0.1) is 13.8 Å². The van der Waals surface area contributed by atoms with Crippen molar-refractivity contribution in [3.63, 3.8) is 0 Å². The summed E-state index contributed by atoms with van der Waals surface area (Å²) in [7, 11) is -3.39. The first-order valence-electron chi connectivity index (χ1n) is 10.8. The second-order valence-electron chi connectivity index (χ2n) is 8.51. The van der Waals surface area contributed by atoms with Crippen LogP contribution < -0.4 is 4.90 Å². The molecule has 2 heterocycles. The molecule has 2 aromatic carbocycles. The van der Waals surface area contributed by atoms with Crippen LogP contribution in [0.15, 0.2) is 53.4 Å². The van der Waals surface area contributed by atoms with Gasteiger partial charge in [-0.05, 0) is 44.2 Å². The zero-order valence-electron chi connectivity index (χ0n) is 18.6. The van der Waals surface area contributed by atoms with Crippen molar-refractivity contribution in [2.24, 2.45) is 0 Å². The number of anilines is 1. The van der Waals surface area contributed by atoms with Crippen molar-refractivity contribution in [1.82, 2.24) is 9.88 Å². The van der Waals surface area contributed by atoms with Gasteiger partial charge < -0.3 is 4.90 Å². The van der Waals surface area contributed by atoms with E-state index in [-0.39, 0.29) is 5.75 Å². The average molecular weight is 478 g/mol. The van der Waals surface area contributed by atoms with Crippen molar-refractivity contribution in [2.45, 2.75) is 24.9 Å². The number of sulfone groups is 1.